The molecule has 0 aliphatic rings. The first-order chi connectivity index (χ1) is 8.86. The topological polar surface area (TPSA) is 0 Å². The Morgan fingerprint density at radius 1 is 0.941 bits per heavy atom. The van der Waals surface area contributed by atoms with Crippen molar-refractivity contribution in [1.29, 1.82) is 0 Å². The lowest BCUT2D eigenvalue weighted by Crippen LogP contribution is -1.80. The Labute approximate surface area is 104 Å². The molecular weight excluding hydrogens is 204 g/mol. The third-order valence-electron chi connectivity index (χ3n) is 2.51. The van der Waals surface area contributed by atoms with Crippen LogP contribution in [0.15, 0.2) is 72.5 Å². The van der Waals surface area contributed by atoms with E-state index in [1.807, 2.05) is 42.5 Å². The van der Waals surface area contributed by atoms with E-state index >= 15 is 0 Å². The van der Waals surface area contributed by atoms with E-state index in [9.17, 15) is 0 Å². The fourth-order valence-corrected chi connectivity index (χ4v) is 1.61. The highest BCUT2D eigenvalue weighted by Crippen LogP contribution is 2.03. The van der Waals surface area contributed by atoms with Crippen molar-refractivity contribution in [1.82, 2.24) is 0 Å². The fourth-order valence-electron chi connectivity index (χ4n) is 1.61. The highest BCUT2D eigenvalue weighted by molar-refractivity contribution is 5.47. The van der Waals surface area contributed by atoms with Crippen LogP contribution < -0.4 is 0 Å². The minimum Gasteiger partial charge on any atom is -0.125 e. The molecule has 0 nitrogen and oxygen atoms in total. The highest BCUT2D eigenvalue weighted by Gasteiger charge is 1.87. The Balaban J connectivity index is 1.95. The molecule has 0 fully saturated rings. The molecule has 17 heavy (non-hydrogen) atoms. The van der Waals surface area contributed by atoms with Crippen LogP contribution in [0.1, 0.15) is 18.9 Å². The van der Waals surface area contributed by atoms with Gasteiger partial charge < -0.3 is 0 Å². The predicted octanol–water partition coefficient (Wildman–Crippen LogP) is 4.49. The normalized spacial score (nSPS) is 10.2. The summed E-state index contributed by atoms with van der Waals surface area (Å²) in [5.41, 5.74) is 5.26. The summed E-state index contributed by atoms with van der Waals surface area (Å²) in [5.74, 6) is 0. The van der Waals surface area contributed by atoms with Crippen molar-refractivity contribution in [3.63, 3.8) is 0 Å². The van der Waals surface area contributed by atoms with E-state index < -0.39 is 0 Å². The molecule has 0 saturated carbocycles. The molecule has 0 aliphatic heterocycles. The molecule has 2 aromatic carbocycles. The lowest BCUT2D eigenvalue weighted by Gasteiger charge is -1.94. The smallest absolute Gasteiger partial charge is 0.0720 e. The Bertz CT molecular complexity index is 534. The van der Waals surface area contributed by atoms with Gasteiger partial charge in [0, 0.05) is 0 Å². The first-order valence-electron chi connectivity index (χ1n) is 6.37. The maximum absolute atomic E-state index is 7.87. The Kier molecular flexibility index (Phi) is 3.89. The number of aryl methyl sites for hydroxylation is 1. The van der Waals surface area contributed by atoms with Crippen LogP contribution in [0.2, 0.25) is 0 Å². The maximum atomic E-state index is 7.87. The molecule has 0 N–H and O–H groups in total. The molecule has 0 aromatic heterocycles. The second-order valence-corrected chi connectivity index (χ2v) is 3.86. The van der Waals surface area contributed by atoms with Crippen LogP contribution in [0.4, 0.5) is 0 Å². The van der Waals surface area contributed by atoms with E-state index in [-0.39, 0.29) is 0 Å². The maximum Gasteiger partial charge on any atom is 0.0720 e. The molecule has 0 unspecified atom stereocenters. The molecule has 0 heterocycles. The van der Waals surface area contributed by atoms with Crippen molar-refractivity contribution in [2.45, 2.75) is 12.8 Å². The van der Waals surface area contributed by atoms with Gasteiger partial charge in [-0.2, -0.15) is 0 Å². The molecule has 0 saturated heterocycles. The molecular formula is C17H16. The number of hydrogen-bond donors (Lipinski definition) is 0. The predicted molar refractivity (Wildman–Crippen MR) is 73.8 cm³/mol. The molecule has 0 spiro atoms. The summed E-state index contributed by atoms with van der Waals surface area (Å²) in [4.78, 5) is 0. The zero-order valence-corrected chi connectivity index (χ0v) is 9.77. The molecule has 0 atom stereocenters. The average molecular weight is 221 g/mol. The highest BCUT2D eigenvalue weighted by atomic mass is 13.9. The van der Waals surface area contributed by atoms with Crippen molar-refractivity contribution in [3.05, 3.63) is 83.6 Å². The van der Waals surface area contributed by atoms with Crippen LogP contribution in [0.25, 0.3) is 6.05 Å². The number of allylic oxidation sites excluding steroid dienone is 1. The standard InChI is InChI=1S/C17H16/c1-4-10-16(11-5-1)14-8-3-9-15-17-12-6-2-7-13-17/h1-7,10-13,15H,8,14H2/i15D. The SMILES string of the molecule is [2H]C(=C=CCCc1ccccc1)c1ccccc1. The van der Waals surface area contributed by atoms with Gasteiger partial charge in [-0.25, -0.2) is 0 Å². The van der Waals surface area contributed by atoms with Gasteiger partial charge in [-0.1, -0.05) is 60.7 Å². The minimum atomic E-state index is 0.448. The summed E-state index contributed by atoms with van der Waals surface area (Å²) >= 11 is 0. The molecule has 0 heteroatoms. The quantitative estimate of drug-likeness (QED) is 0.667. The van der Waals surface area contributed by atoms with Gasteiger partial charge in [0.25, 0.3) is 0 Å². The molecule has 0 radical (unpaired) electrons. The van der Waals surface area contributed by atoms with Gasteiger partial charge in [-0.05, 0) is 36.1 Å². The molecule has 84 valence electrons. The molecule has 0 amide bonds. The first-order valence-corrected chi connectivity index (χ1v) is 5.87. The molecule has 0 bridgehead atoms. The van der Waals surface area contributed by atoms with Crippen molar-refractivity contribution in [2.75, 3.05) is 0 Å². The summed E-state index contributed by atoms with van der Waals surface area (Å²) in [7, 11) is 0. The largest absolute Gasteiger partial charge is 0.125 e. The van der Waals surface area contributed by atoms with E-state index in [1.165, 1.54) is 5.56 Å². The Hall–Kier alpha value is -2.04. The van der Waals surface area contributed by atoms with Crippen molar-refractivity contribution in [3.8, 4) is 0 Å². The van der Waals surface area contributed by atoms with Gasteiger partial charge in [0.1, 0.15) is 0 Å². The fraction of sp³-hybridized carbons (Fsp3) is 0.118. The van der Waals surface area contributed by atoms with Crippen LogP contribution in [-0.2, 0) is 6.42 Å². The Morgan fingerprint density at radius 2 is 1.59 bits per heavy atom. The van der Waals surface area contributed by atoms with Crippen LogP contribution in [0.3, 0.4) is 0 Å². The van der Waals surface area contributed by atoms with Crippen LogP contribution in [0, 0.1) is 0 Å². The third kappa shape index (κ3) is 4.14. The second-order valence-electron chi connectivity index (χ2n) is 3.86. The van der Waals surface area contributed by atoms with Gasteiger partial charge in [-0.15, -0.1) is 5.73 Å². The van der Waals surface area contributed by atoms with Crippen LogP contribution >= 0.6 is 0 Å². The molecule has 0 aliphatic carbocycles. The van der Waals surface area contributed by atoms with Gasteiger partial charge >= 0.3 is 0 Å². The minimum absolute atomic E-state index is 0.448. The van der Waals surface area contributed by atoms with Crippen molar-refractivity contribution < 1.29 is 1.37 Å². The van der Waals surface area contributed by atoms with Crippen molar-refractivity contribution in [2.24, 2.45) is 0 Å². The van der Waals surface area contributed by atoms with Crippen LogP contribution in [0.5, 0.6) is 0 Å². The summed E-state index contributed by atoms with van der Waals surface area (Å²) in [6, 6.07) is 20.5. The monoisotopic (exact) mass is 221 g/mol. The van der Waals surface area contributed by atoms with E-state index in [2.05, 4.69) is 30.0 Å². The number of rotatable bonds is 4. The lowest BCUT2D eigenvalue weighted by molar-refractivity contribution is 1.00. The van der Waals surface area contributed by atoms with Gasteiger partial charge in [-0.3, -0.25) is 0 Å². The summed E-state index contributed by atoms with van der Waals surface area (Å²) in [6.07, 6.45) is 3.86. The van der Waals surface area contributed by atoms with E-state index in [1.54, 1.807) is 0 Å². The van der Waals surface area contributed by atoms with Gasteiger partial charge in [0.15, 0.2) is 0 Å². The Morgan fingerprint density at radius 3 is 2.29 bits per heavy atom. The summed E-state index contributed by atoms with van der Waals surface area (Å²) < 4.78 is 7.87. The average Bonchev–Trinajstić information content (AvgIpc) is 2.45. The zero-order chi connectivity index (χ0) is 12.6. The third-order valence-corrected chi connectivity index (χ3v) is 2.51. The molecule has 2 rings (SSSR count). The number of hydrogen-bond acceptors (Lipinski definition) is 0. The van der Waals surface area contributed by atoms with Gasteiger partial charge in [0.2, 0.25) is 0 Å². The van der Waals surface area contributed by atoms with Gasteiger partial charge in [0.05, 0.1) is 1.37 Å². The summed E-state index contributed by atoms with van der Waals surface area (Å²) in [5, 5.41) is 0. The van der Waals surface area contributed by atoms with E-state index in [0.717, 1.165) is 18.4 Å². The zero-order valence-electron chi connectivity index (χ0n) is 10.8. The van der Waals surface area contributed by atoms with E-state index in [4.69, 9.17) is 1.37 Å². The lowest BCUT2D eigenvalue weighted by atomic mass is 10.1. The summed E-state index contributed by atoms with van der Waals surface area (Å²) in [6.45, 7) is 0. The van der Waals surface area contributed by atoms with Crippen molar-refractivity contribution >= 4 is 6.05 Å². The van der Waals surface area contributed by atoms with E-state index in [0.29, 0.717) is 6.05 Å². The molecule has 2 aromatic rings. The second kappa shape index (κ2) is 6.52. The number of benzene rings is 2. The first kappa shape index (κ1) is 10.1. The van der Waals surface area contributed by atoms with Crippen LogP contribution in [-0.4, -0.2) is 0 Å².